The summed E-state index contributed by atoms with van der Waals surface area (Å²) in [5.74, 6) is 1.52. The molecular weight excluding hydrogens is 753 g/mol. The number of carbonyl (C=O) groups excluding carboxylic acids is 3. The predicted molar refractivity (Wildman–Crippen MR) is 220 cm³/mol. The van der Waals surface area contributed by atoms with E-state index in [0.29, 0.717) is 31.3 Å². The lowest BCUT2D eigenvalue weighted by atomic mass is 9.92. The van der Waals surface area contributed by atoms with Crippen molar-refractivity contribution in [3.63, 3.8) is 0 Å². The summed E-state index contributed by atoms with van der Waals surface area (Å²) in [4.78, 5) is 70.4. The maximum atomic E-state index is 13.6. The monoisotopic (exact) mass is 802 g/mol. The smallest absolute Gasteiger partial charge is 0.407 e. The summed E-state index contributed by atoms with van der Waals surface area (Å²) in [5, 5.41) is 16.4. The Kier molecular flexibility index (Phi) is 10.8. The van der Waals surface area contributed by atoms with Gasteiger partial charge in [-0.15, -0.1) is 0 Å². The van der Waals surface area contributed by atoms with Gasteiger partial charge in [0.2, 0.25) is 11.8 Å². The molecule has 8 rings (SSSR count). The fourth-order valence-corrected chi connectivity index (χ4v) is 8.77. The van der Waals surface area contributed by atoms with Crippen molar-refractivity contribution < 1.29 is 33.8 Å². The first-order valence-corrected chi connectivity index (χ1v) is 20.3. The maximum absolute atomic E-state index is 13.6. The topological polar surface area (TPSA) is 195 Å². The number of carboxylic acid groups (broad SMARTS) is 1. The fourth-order valence-electron chi connectivity index (χ4n) is 8.77. The number of nitrogens with one attached hydrogen (secondary N) is 4. The van der Waals surface area contributed by atoms with Gasteiger partial charge < -0.3 is 45.0 Å². The average molecular weight is 803 g/mol. The second-order valence-corrected chi connectivity index (χ2v) is 16.3. The number of nitrogens with zero attached hydrogens (tertiary/aromatic N) is 4. The quantitative estimate of drug-likeness (QED) is 0.0972. The molecule has 3 aliphatic heterocycles. The number of imidazole rings is 2. The lowest BCUT2D eigenvalue weighted by molar-refractivity contribution is -0.136. The molecule has 15 nitrogen and oxygen atoms in total. The number of H-pyrrole nitrogens is 2. The van der Waals surface area contributed by atoms with E-state index in [1.807, 2.05) is 32.6 Å². The van der Waals surface area contributed by atoms with Crippen LogP contribution >= 0.6 is 0 Å². The molecule has 5 N–H and O–H groups in total. The molecule has 0 aliphatic carbocycles. The van der Waals surface area contributed by atoms with Crippen LogP contribution in [0.2, 0.25) is 0 Å². The van der Waals surface area contributed by atoms with Gasteiger partial charge in [-0.25, -0.2) is 19.6 Å². The SMILES string of the molecule is COC(=O)NC(C(=O)N1CCCC1c1ncc(-c2ccc3c4c(ccc3c2)-c2ccc(-c3cnc(C5CCCN5C(=O)C(NC(=O)O)C(C)C)[nH]3)cc2CO4)[nH]1)C(C)C. The number of aromatic amines is 2. The van der Waals surface area contributed by atoms with E-state index in [9.17, 15) is 24.3 Å². The van der Waals surface area contributed by atoms with Gasteiger partial charge in [-0.3, -0.25) is 9.59 Å². The Morgan fingerprint density at radius 3 is 1.92 bits per heavy atom. The first kappa shape index (κ1) is 39.4. The highest BCUT2D eigenvalue weighted by molar-refractivity contribution is 5.98. The standard InChI is InChI=1S/C44H50N8O7/c1-23(2)36(49-43(55)56)41(53)51-16-6-8-34(51)39-46-21-33(48-39)27-11-13-29-28(19-27)22-59-38-30-14-12-26(18-25(30)10-15-31(29)38)32-20-45-40(47-32)35-9-7-17-52(35)42(54)37(24(3)4)50-44(57)58-5/h10-15,18-21,23-24,34-37,49H,6-9,16-17,22H2,1-5H3,(H,45,47)(H,46,48)(H,50,57)(H,55,56). The zero-order valence-electron chi connectivity index (χ0n) is 33.9. The molecule has 4 unspecified atom stereocenters. The Balaban J connectivity index is 0.990. The Labute approximate surface area is 341 Å². The van der Waals surface area contributed by atoms with Crippen LogP contribution in [0.5, 0.6) is 5.75 Å². The van der Waals surface area contributed by atoms with Crippen molar-refractivity contribution in [1.29, 1.82) is 0 Å². The van der Waals surface area contributed by atoms with Gasteiger partial charge in [0, 0.05) is 29.6 Å². The summed E-state index contributed by atoms with van der Waals surface area (Å²) in [6.45, 7) is 8.98. The van der Waals surface area contributed by atoms with Gasteiger partial charge >= 0.3 is 12.2 Å². The number of hydrogen-bond donors (Lipinski definition) is 5. The number of rotatable bonds is 10. The minimum absolute atomic E-state index is 0.116. The summed E-state index contributed by atoms with van der Waals surface area (Å²) in [6.07, 6.45) is 4.90. The van der Waals surface area contributed by atoms with Crippen LogP contribution in [0.25, 0.3) is 44.4 Å². The van der Waals surface area contributed by atoms with Crippen molar-refractivity contribution in [2.75, 3.05) is 20.2 Å². The summed E-state index contributed by atoms with van der Waals surface area (Å²) >= 11 is 0. The van der Waals surface area contributed by atoms with Crippen LogP contribution in [0.1, 0.15) is 82.7 Å². The first-order valence-electron chi connectivity index (χ1n) is 20.3. The van der Waals surface area contributed by atoms with E-state index >= 15 is 0 Å². The van der Waals surface area contributed by atoms with Crippen molar-refractivity contribution in [3.05, 3.63) is 78.1 Å². The Hall–Kier alpha value is -6.38. The molecule has 4 amide bonds. The average Bonchev–Trinajstić information content (AvgIpc) is 4.07. The van der Waals surface area contributed by atoms with Crippen LogP contribution in [-0.2, 0) is 20.9 Å². The molecule has 5 aromatic rings. The summed E-state index contributed by atoms with van der Waals surface area (Å²) < 4.78 is 11.2. The number of likely N-dealkylation sites (tertiary alicyclic amines) is 2. The molecule has 4 atom stereocenters. The van der Waals surface area contributed by atoms with Gasteiger partial charge in [0.15, 0.2) is 0 Å². The minimum Gasteiger partial charge on any atom is -0.488 e. The number of aromatic nitrogens is 4. The van der Waals surface area contributed by atoms with E-state index in [-0.39, 0.29) is 35.7 Å². The van der Waals surface area contributed by atoms with Crippen molar-refractivity contribution in [1.82, 2.24) is 40.4 Å². The molecule has 0 spiro atoms. The van der Waals surface area contributed by atoms with Crippen LogP contribution < -0.4 is 15.4 Å². The van der Waals surface area contributed by atoms with Crippen LogP contribution in [0.4, 0.5) is 9.59 Å². The fraction of sp³-hybridized carbons (Fsp3) is 0.409. The molecule has 15 heteroatoms. The second-order valence-electron chi connectivity index (χ2n) is 16.3. The van der Waals surface area contributed by atoms with Crippen molar-refractivity contribution in [3.8, 4) is 39.4 Å². The molecule has 59 heavy (non-hydrogen) atoms. The van der Waals surface area contributed by atoms with Crippen LogP contribution in [0.15, 0.2) is 60.9 Å². The number of hydrogen-bond acceptors (Lipinski definition) is 8. The highest BCUT2D eigenvalue weighted by Gasteiger charge is 2.39. The zero-order chi connectivity index (χ0) is 41.5. The van der Waals surface area contributed by atoms with Gasteiger partial charge in [-0.1, -0.05) is 58.0 Å². The van der Waals surface area contributed by atoms with Gasteiger partial charge in [0.05, 0.1) is 43.0 Å². The third-order valence-corrected chi connectivity index (χ3v) is 11.9. The Morgan fingerprint density at radius 2 is 1.34 bits per heavy atom. The van der Waals surface area contributed by atoms with Gasteiger partial charge in [-0.05, 0) is 77.8 Å². The molecule has 2 aromatic heterocycles. The summed E-state index contributed by atoms with van der Waals surface area (Å²) in [6, 6.07) is 14.7. The van der Waals surface area contributed by atoms with E-state index < -0.39 is 24.3 Å². The summed E-state index contributed by atoms with van der Waals surface area (Å²) in [5.41, 5.74) is 6.72. The molecule has 2 fully saturated rings. The van der Waals surface area contributed by atoms with E-state index in [1.54, 1.807) is 17.3 Å². The highest BCUT2D eigenvalue weighted by atomic mass is 16.5. The molecule has 5 heterocycles. The molecule has 3 aromatic carbocycles. The lowest BCUT2D eigenvalue weighted by Gasteiger charge is -2.30. The predicted octanol–water partition coefficient (Wildman–Crippen LogP) is 7.18. The normalized spacial score (nSPS) is 18.4. The maximum Gasteiger partial charge on any atom is 0.407 e. The number of methoxy groups -OCH3 is 1. The highest BCUT2D eigenvalue weighted by Crippen LogP contribution is 2.44. The van der Waals surface area contributed by atoms with Gasteiger partial charge in [0.1, 0.15) is 36.1 Å². The van der Waals surface area contributed by atoms with Crippen molar-refractivity contribution >= 4 is 34.8 Å². The van der Waals surface area contributed by atoms with Crippen LogP contribution in [-0.4, -0.2) is 91.1 Å². The largest absolute Gasteiger partial charge is 0.488 e. The van der Waals surface area contributed by atoms with E-state index in [0.717, 1.165) is 81.4 Å². The van der Waals surface area contributed by atoms with E-state index in [1.165, 1.54) is 7.11 Å². The van der Waals surface area contributed by atoms with Gasteiger partial charge in [-0.2, -0.15) is 0 Å². The zero-order valence-corrected chi connectivity index (χ0v) is 33.9. The number of carbonyl (C=O) groups is 4. The second kappa shape index (κ2) is 16.1. The minimum atomic E-state index is -1.22. The molecule has 0 radical (unpaired) electrons. The number of alkyl carbamates (subject to hydrolysis) is 1. The van der Waals surface area contributed by atoms with Crippen LogP contribution in [0.3, 0.4) is 0 Å². The summed E-state index contributed by atoms with van der Waals surface area (Å²) in [7, 11) is 1.29. The van der Waals surface area contributed by atoms with Gasteiger partial charge in [0.25, 0.3) is 0 Å². The number of fused-ring (bicyclic) bond motifs is 5. The van der Waals surface area contributed by atoms with Crippen molar-refractivity contribution in [2.24, 2.45) is 11.8 Å². The molecule has 308 valence electrons. The van der Waals surface area contributed by atoms with Crippen LogP contribution in [0, 0.1) is 11.8 Å². The number of amides is 4. The third-order valence-electron chi connectivity index (χ3n) is 11.9. The first-order chi connectivity index (χ1) is 28.4. The molecule has 2 saturated heterocycles. The van der Waals surface area contributed by atoms with E-state index in [2.05, 4.69) is 74.1 Å². The Morgan fingerprint density at radius 1 is 0.780 bits per heavy atom. The molecular formula is C44H50N8O7. The number of benzene rings is 3. The lowest BCUT2D eigenvalue weighted by Crippen LogP contribution is -2.51. The third kappa shape index (κ3) is 7.56. The molecule has 3 aliphatic rings. The molecule has 0 bridgehead atoms. The Bertz CT molecular complexity index is 2420. The van der Waals surface area contributed by atoms with E-state index in [4.69, 9.17) is 14.5 Å². The van der Waals surface area contributed by atoms with Crippen molar-refractivity contribution in [2.45, 2.75) is 84.2 Å². The molecule has 0 saturated carbocycles. The number of ether oxygens (including phenoxy) is 2.